The molecule has 1 atom stereocenters. The summed E-state index contributed by atoms with van der Waals surface area (Å²) in [5.41, 5.74) is 2.78. The molecule has 1 aliphatic rings. The van der Waals surface area contributed by atoms with Crippen molar-refractivity contribution in [2.24, 2.45) is 0 Å². The van der Waals surface area contributed by atoms with E-state index in [4.69, 9.17) is 0 Å². The number of likely N-dealkylation sites (tertiary alicyclic amines) is 1. The Hall–Kier alpha value is -2.24. The average Bonchev–Trinajstić information content (AvgIpc) is 3.15. The highest BCUT2D eigenvalue weighted by molar-refractivity contribution is 5.74. The first-order chi connectivity index (χ1) is 11.0. The van der Waals surface area contributed by atoms with Gasteiger partial charge < -0.3 is 4.90 Å². The summed E-state index contributed by atoms with van der Waals surface area (Å²) in [5, 5.41) is 4.38. The summed E-state index contributed by atoms with van der Waals surface area (Å²) in [7, 11) is 0. The molecule has 0 aromatic carbocycles. The number of hydrogen-bond acceptors (Lipinski definition) is 4. The van der Waals surface area contributed by atoms with Crippen LogP contribution in [-0.4, -0.2) is 37.1 Å². The molecule has 0 bridgehead atoms. The van der Waals surface area contributed by atoms with Crippen molar-refractivity contribution in [3.8, 4) is 11.4 Å². The Balaban J connectivity index is 2.03. The summed E-state index contributed by atoms with van der Waals surface area (Å²) < 4.78 is 1.96. The number of carbonyl (C=O) groups is 1. The van der Waals surface area contributed by atoms with Crippen molar-refractivity contribution in [1.29, 1.82) is 0 Å². The first kappa shape index (κ1) is 15.6. The van der Waals surface area contributed by atoms with Crippen LogP contribution in [0.4, 0.5) is 0 Å². The number of amides is 1. The molecule has 1 saturated heterocycles. The van der Waals surface area contributed by atoms with E-state index in [1.807, 2.05) is 28.6 Å². The molecule has 3 rings (SSSR count). The highest BCUT2D eigenvalue weighted by Gasteiger charge is 2.29. The lowest BCUT2D eigenvalue weighted by molar-refractivity contribution is -0.129. The molecule has 0 radical (unpaired) electrons. The van der Waals surface area contributed by atoms with Crippen LogP contribution in [0.5, 0.6) is 0 Å². The van der Waals surface area contributed by atoms with Gasteiger partial charge in [0.05, 0.1) is 23.1 Å². The number of aryl methyl sites for hydroxylation is 1. The Bertz CT molecular complexity index is 722. The summed E-state index contributed by atoms with van der Waals surface area (Å²) in [5.74, 6) is 0.835. The third-order valence-corrected chi connectivity index (χ3v) is 4.28. The molecule has 23 heavy (non-hydrogen) atoms. The molecule has 1 amide bonds. The van der Waals surface area contributed by atoms with Crippen LogP contribution in [0, 0.1) is 6.92 Å². The van der Waals surface area contributed by atoms with Crippen molar-refractivity contribution >= 4 is 5.91 Å². The molecule has 1 fully saturated rings. The molecule has 6 nitrogen and oxygen atoms in total. The summed E-state index contributed by atoms with van der Waals surface area (Å²) >= 11 is 0. The fraction of sp³-hybridized carbons (Fsp3) is 0.529. The maximum absolute atomic E-state index is 11.8. The van der Waals surface area contributed by atoms with Gasteiger partial charge in [0.1, 0.15) is 5.82 Å². The third-order valence-electron chi connectivity index (χ3n) is 4.28. The first-order valence-corrected chi connectivity index (χ1v) is 8.14. The van der Waals surface area contributed by atoms with E-state index in [-0.39, 0.29) is 18.0 Å². The van der Waals surface area contributed by atoms with Gasteiger partial charge >= 0.3 is 0 Å². The number of nitrogens with zero attached hydrogens (tertiary/aromatic N) is 5. The van der Waals surface area contributed by atoms with Crippen molar-refractivity contribution in [2.45, 2.75) is 52.6 Å². The van der Waals surface area contributed by atoms with Crippen molar-refractivity contribution in [3.05, 3.63) is 29.8 Å². The smallest absolute Gasteiger partial charge is 0.220 e. The summed E-state index contributed by atoms with van der Waals surface area (Å²) in [6, 6.07) is 4.31. The van der Waals surface area contributed by atoms with E-state index >= 15 is 0 Å². The lowest BCUT2D eigenvalue weighted by Crippen LogP contribution is -2.28. The molecule has 0 spiro atoms. The predicted octanol–water partition coefficient (Wildman–Crippen LogP) is 2.91. The van der Waals surface area contributed by atoms with Gasteiger partial charge in [-0.3, -0.25) is 9.48 Å². The van der Waals surface area contributed by atoms with Crippen LogP contribution < -0.4 is 0 Å². The van der Waals surface area contributed by atoms with Gasteiger partial charge in [-0.1, -0.05) is 0 Å². The van der Waals surface area contributed by atoms with Gasteiger partial charge in [-0.15, -0.1) is 0 Å². The van der Waals surface area contributed by atoms with Crippen LogP contribution in [0.2, 0.25) is 0 Å². The molecular weight excluding hydrogens is 290 g/mol. The zero-order chi connectivity index (χ0) is 16.6. The average molecular weight is 313 g/mol. The molecule has 6 heteroatoms. The monoisotopic (exact) mass is 313 g/mol. The minimum Gasteiger partial charge on any atom is -0.334 e. The standard InChI is InChI=1S/C17H23N5O/c1-11(2)22-17(7-8-18-22)15-10-14(19-12(3)20-15)16-6-5-9-21(16)13(4)23/h7-8,10-11,16H,5-6,9H2,1-4H3. The molecule has 1 unspecified atom stereocenters. The fourth-order valence-corrected chi connectivity index (χ4v) is 3.27. The zero-order valence-corrected chi connectivity index (χ0v) is 14.2. The van der Waals surface area contributed by atoms with Gasteiger partial charge in [0.15, 0.2) is 0 Å². The molecule has 2 aromatic heterocycles. The minimum absolute atomic E-state index is 0.0587. The van der Waals surface area contributed by atoms with E-state index in [1.165, 1.54) is 0 Å². The van der Waals surface area contributed by atoms with E-state index in [9.17, 15) is 4.79 Å². The molecular formula is C17H23N5O. The van der Waals surface area contributed by atoms with Gasteiger partial charge in [0.25, 0.3) is 0 Å². The second-order valence-electron chi connectivity index (χ2n) is 6.35. The Labute approximate surface area is 136 Å². The van der Waals surface area contributed by atoms with Crippen LogP contribution in [0.25, 0.3) is 11.4 Å². The van der Waals surface area contributed by atoms with Crippen molar-refractivity contribution in [3.63, 3.8) is 0 Å². The number of rotatable bonds is 3. The SMILES string of the molecule is CC(=O)N1CCCC1c1cc(-c2ccnn2C(C)C)nc(C)n1. The molecule has 122 valence electrons. The van der Waals surface area contributed by atoms with Gasteiger partial charge in [-0.05, 0) is 45.7 Å². The van der Waals surface area contributed by atoms with Gasteiger partial charge in [-0.2, -0.15) is 5.10 Å². The van der Waals surface area contributed by atoms with Crippen LogP contribution in [0.1, 0.15) is 57.2 Å². The van der Waals surface area contributed by atoms with Crippen molar-refractivity contribution in [2.75, 3.05) is 6.54 Å². The van der Waals surface area contributed by atoms with Crippen LogP contribution >= 0.6 is 0 Å². The topological polar surface area (TPSA) is 63.9 Å². The van der Waals surface area contributed by atoms with Crippen LogP contribution in [-0.2, 0) is 4.79 Å². The lowest BCUT2D eigenvalue weighted by Gasteiger charge is -2.23. The summed E-state index contributed by atoms with van der Waals surface area (Å²) in [4.78, 5) is 22.9. The first-order valence-electron chi connectivity index (χ1n) is 8.14. The highest BCUT2D eigenvalue weighted by Crippen LogP contribution is 2.32. The van der Waals surface area contributed by atoms with E-state index in [0.717, 1.165) is 42.3 Å². The van der Waals surface area contributed by atoms with E-state index in [2.05, 4.69) is 28.9 Å². The van der Waals surface area contributed by atoms with Gasteiger partial charge in [0, 0.05) is 25.7 Å². The maximum Gasteiger partial charge on any atom is 0.220 e. The second kappa shape index (κ2) is 6.10. The van der Waals surface area contributed by atoms with E-state index < -0.39 is 0 Å². The number of aromatic nitrogens is 4. The Kier molecular flexibility index (Phi) is 4.15. The zero-order valence-electron chi connectivity index (χ0n) is 14.2. The Morgan fingerprint density at radius 1 is 1.35 bits per heavy atom. The predicted molar refractivity (Wildman–Crippen MR) is 87.7 cm³/mol. The fourth-order valence-electron chi connectivity index (χ4n) is 3.27. The Morgan fingerprint density at radius 3 is 2.83 bits per heavy atom. The van der Waals surface area contributed by atoms with Crippen molar-refractivity contribution < 1.29 is 4.79 Å². The largest absolute Gasteiger partial charge is 0.334 e. The second-order valence-corrected chi connectivity index (χ2v) is 6.35. The quantitative estimate of drug-likeness (QED) is 0.874. The van der Waals surface area contributed by atoms with Gasteiger partial charge in [-0.25, -0.2) is 9.97 Å². The minimum atomic E-state index is 0.0587. The molecule has 3 heterocycles. The van der Waals surface area contributed by atoms with Crippen LogP contribution in [0.15, 0.2) is 18.3 Å². The third kappa shape index (κ3) is 2.98. The normalized spacial score (nSPS) is 18.0. The molecule has 0 N–H and O–H groups in total. The summed E-state index contributed by atoms with van der Waals surface area (Å²) in [6.07, 6.45) is 3.77. The number of hydrogen-bond donors (Lipinski definition) is 0. The molecule has 0 saturated carbocycles. The van der Waals surface area contributed by atoms with E-state index in [1.54, 1.807) is 13.1 Å². The highest BCUT2D eigenvalue weighted by atomic mass is 16.2. The van der Waals surface area contributed by atoms with E-state index in [0.29, 0.717) is 0 Å². The van der Waals surface area contributed by atoms with Crippen LogP contribution in [0.3, 0.4) is 0 Å². The Morgan fingerprint density at radius 2 is 2.13 bits per heavy atom. The molecule has 0 aliphatic carbocycles. The molecule has 2 aromatic rings. The van der Waals surface area contributed by atoms with Gasteiger partial charge in [0.2, 0.25) is 5.91 Å². The lowest BCUT2D eigenvalue weighted by atomic mass is 10.1. The molecule has 1 aliphatic heterocycles. The van der Waals surface area contributed by atoms with Crippen molar-refractivity contribution in [1.82, 2.24) is 24.6 Å². The number of carbonyl (C=O) groups excluding carboxylic acids is 1. The summed E-state index contributed by atoms with van der Waals surface area (Å²) in [6.45, 7) is 8.53. The maximum atomic E-state index is 11.8.